The third-order valence-electron chi connectivity index (χ3n) is 4.77. The summed E-state index contributed by atoms with van der Waals surface area (Å²) >= 11 is 0. The average Bonchev–Trinajstić information content (AvgIpc) is 2.80. The molecule has 0 unspecified atom stereocenters. The van der Waals surface area contributed by atoms with Crippen molar-refractivity contribution >= 4 is 0 Å². The lowest BCUT2D eigenvalue weighted by Gasteiger charge is -2.19. The fourth-order valence-electron chi connectivity index (χ4n) is 3.00. The molecule has 0 saturated heterocycles. The van der Waals surface area contributed by atoms with Crippen molar-refractivity contribution in [3.63, 3.8) is 0 Å². The predicted molar refractivity (Wildman–Crippen MR) is 117 cm³/mol. The molecule has 0 aliphatic rings. The normalized spacial score (nSPS) is 11.5. The van der Waals surface area contributed by atoms with Gasteiger partial charge in [0, 0.05) is 23.8 Å². The van der Waals surface area contributed by atoms with Crippen LogP contribution >= 0.6 is 0 Å². The minimum absolute atomic E-state index is 0.0183. The number of halogens is 9. The van der Waals surface area contributed by atoms with Crippen molar-refractivity contribution in [1.82, 2.24) is 0 Å². The van der Waals surface area contributed by atoms with Crippen LogP contribution in [0.15, 0.2) is 48.5 Å². The van der Waals surface area contributed by atoms with Gasteiger partial charge < -0.3 is 14.2 Å². The number of unbranched alkanes of at least 4 members (excludes halogenated alkanes) is 1. The first-order valence-corrected chi connectivity index (χ1v) is 10.8. The largest absolute Gasteiger partial charge is 0.573 e. The summed E-state index contributed by atoms with van der Waals surface area (Å²) in [5.74, 6) is -4.16. The summed E-state index contributed by atoms with van der Waals surface area (Å²) in [7, 11) is 0. The first-order valence-electron chi connectivity index (χ1n) is 10.8. The Labute approximate surface area is 210 Å². The molecule has 0 spiro atoms. The molecule has 3 nitrogen and oxygen atoms in total. The maximum absolute atomic E-state index is 14.5. The molecule has 0 amide bonds. The van der Waals surface area contributed by atoms with Gasteiger partial charge in [-0.25, -0.2) is 17.6 Å². The Bertz CT molecular complexity index is 1340. The van der Waals surface area contributed by atoms with E-state index in [1.807, 2.05) is 6.92 Å². The standard InChI is InChI=1S/C26H17F9O3/c1-2-3-10-36-17-8-7-16(20(27)12-17)6-4-15-5-9-19(21(28)11-15)25(31,32)37-18-13-22(29)24(23(30)14-18)38-26(33,34)35/h5,7-9,11-14H,2-3,10H2,1H3. The van der Waals surface area contributed by atoms with Crippen LogP contribution in [-0.2, 0) is 6.11 Å². The summed E-state index contributed by atoms with van der Waals surface area (Å²) in [5.41, 5.74) is -1.54. The summed E-state index contributed by atoms with van der Waals surface area (Å²) in [6.07, 6.45) is -8.27. The highest BCUT2D eigenvalue weighted by Gasteiger charge is 2.39. The lowest BCUT2D eigenvalue weighted by Crippen LogP contribution is -2.24. The summed E-state index contributed by atoms with van der Waals surface area (Å²) in [5, 5.41) is 0. The van der Waals surface area contributed by atoms with Crippen molar-refractivity contribution in [2.45, 2.75) is 32.2 Å². The Morgan fingerprint density at radius 1 is 0.711 bits per heavy atom. The smallest absolute Gasteiger partial charge is 0.493 e. The average molecular weight is 548 g/mol. The van der Waals surface area contributed by atoms with E-state index in [1.54, 1.807) is 0 Å². The first kappa shape index (κ1) is 28.6. The Balaban J connectivity index is 1.77. The van der Waals surface area contributed by atoms with Crippen LogP contribution in [0.1, 0.15) is 36.5 Å². The van der Waals surface area contributed by atoms with Crippen LogP contribution in [0.4, 0.5) is 39.5 Å². The second kappa shape index (κ2) is 11.6. The molecule has 0 bridgehead atoms. The zero-order valence-electron chi connectivity index (χ0n) is 19.4. The molecule has 0 radical (unpaired) electrons. The van der Waals surface area contributed by atoms with Gasteiger partial charge in [-0.2, -0.15) is 8.78 Å². The lowest BCUT2D eigenvalue weighted by atomic mass is 10.1. The first-order chi connectivity index (χ1) is 17.8. The molecule has 0 atom stereocenters. The van der Waals surface area contributed by atoms with Gasteiger partial charge in [0.1, 0.15) is 28.7 Å². The zero-order chi connectivity index (χ0) is 28.1. The maximum atomic E-state index is 14.5. The SMILES string of the molecule is CCCCOc1ccc(C#Cc2ccc(C(F)(F)Oc3cc(F)c(OC(F)(F)F)c(F)c3)c(F)c2)c(F)c1. The second-order valence-corrected chi connectivity index (χ2v) is 7.67. The van der Waals surface area contributed by atoms with E-state index in [0.717, 1.165) is 25.0 Å². The van der Waals surface area contributed by atoms with Gasteiger partial charge in [0.05, 0.1) is 12.2 Å². The van der Waals surface area contributed by atoms with Crippen molar-refractivity contribution in [2.75, 3.05) is 6.61 Å². The van der Waals surface area contributed by atoms with Gasteiger partial charge in [-0.1, -0.05) is 25.2 Å². The number of ether oxygens (including phenoxy) is 3. The van der Waals surface area contributed by atoms with Gasteiger partial charge in [-0.3, -0.25) is 0 Å². The summed E-state index contributed by atoms with van der Waals surface area (Å²) < 4.78 is 135. The Kier molecular flexibility index (Phi) is 8.70. The number of hydrogen-bond donors (Lipinski definition) is 0. The molecule has 38 heavy (non-hydrogen) atoms. The van der Waals surface area contributed by atoms with Crippen LogP contribution in [0.25, 0.3) is 0 Å². The monoisotopic (exact) mass is 548 g/mol. The molecule has 0 aromatic heterocycles. The van der Waals surface area contributed by atoms with Crippen LogP contribution in [0.3, 0.4) is 0 Å². The highest BCUT2D eigenvalue weighted by Crippen LogP contribution is 2.37. The minimum atomic E-state index is -5.44. The van der Waals surface area contributed by atoms with E-state index in [-0.39, 0.29) is 23.3 Å². The van der Waals surface area contributed by atoms with Crippen LogP contribution in [0.5, 0.6) is 17.2 Å². The molecule has 0 saturated carbocycles. The van der Waals surface area contributed by atoms with E-state index < -0.39 is 52.8 Å². The second-order valence-electron chi connectivity index (χ2n) is 7.67. The van der Waals surface area contributed by atoms with E-state index in [1.165, 1.54) is 12.1 Å². The third kappa shape index (κ3) is 7.50. The molecule has 3 rings (SSSR count). The molecule has 12 heteroatoms. The minimum Gasteiger partial charge on any atom is -0.493 e. The van der Waals surface area contributed by atoms with Crippen molar-refractivity contribution in [3.8, 4) is 29.1 Å². The quantitative estimate of drug-likeness (QED) is 0.163. The molecule has 3 aromatic rings. The van der Waals surface area contributed by atoms with Crippen molar-refractivity contribution in [3.05, 3.63) is 88.5 Å². The Hall–Kier alpha value is -4.01. The van der Waals surface area contributed by atoms with Gasteiger partial charge in [0.2, 0.25) is 5.75 Å². The molecule has 0 N–H and O–H groups in total. The number of benzene rings is 3. The molecule has 3 aromatic carbocycles. The van der Waals surface area contributed by atoms with Gasteiger partial charge >= 0.3 is 12.5 Å². The van der Waals surface area contributed by atoms with Gasteiger partial charge in [-0.15, -0.1) is 13.2 Å². The van der Waals surface area contributed by atoms with E-state index in [2.05, 4.69) is 21.3 Å². The van der Waals surface area contributed by atoms with Crippen molar-refractivity contribution in [1.29, 1.82) is 0 Å². The fourth-order valence-corrected chi connectivity index (χ4v) is 3.00. The molecule has 202 valence electrons. The van der Waals surface area contributed by atoms with Crippen molar-refractivity contribution in [2.24, 2.45) is 0 Å². The highest BCUT2D eigenvalue weighted by molar-refractivity contribution is 5.46. The number of rotatable bonds is 8. The molecule has 0 heterocycles. The molecule has 0 aliphatic carbocycles. The zero-order valence-corrected chi connectivity index (χ0v) is 19.4. The van der Waals surface area contributed by atoms with E-state index >= 15 is 0 Å². The maximum Gasteiger partial charge on any atom is 0.573 e. The van der Waals surface area contributed by atoms with E-state index in [0.29, 0.717) is 24.5 Å². The Morgan fingerprint density at radius 3 is 1.95 bits per heavy atom. The Morgan fingerprint density at radius 2 is 1.37 bits per heavy atom. The molecular weight excluding hydrogens is 531 g/mol. The van der Waals surface area contributed by atoms with E-state index in [9.17, 15) is 39.5 Å². The molecule has 0 aliphatic heterocycles. The number of alkyl halides is 5. The summed E-state index contributed by atoms with van der Waals surface area (Å²) in [6, 6.07) is 6.11. The molecular formula is C26H17F9O3. The summed E-state index contributed by atoms with van der Waals surface area (Å²) in [4.78, 5) is 0. The fraction of sp³-hybridized carbons (Fsp3) is 0.231. The number of hydrogen-bond acceptors (Lipinski definition) is 3. The summed E-state index contributed by atoms with van der Waals surface area (Å²) in [6.45, 7) is 2.37. The van der Waals surface area contributed by atoms with Gasteiger partial charge in [0.25, 0.3) is 0 Å². The van der Waals surface area contributed by atoms with Crippen LogP contribution < -0.4 is 14.2 Å². The topological polar surface area (TPSA) is 27.7 Å². The van der Waals surface area contributed by atoms with Gasteiger partial charge in [0.15, 0.2) is 11.6 Å². The van der Waals surface area contributed by atoms with Crippen LogP contribution in [-0.4, -0.2) is 13.0 Å². The molecule has 0 fully saturated rings. The third-order valence-corrected chi connectivity index (χ3v) is 4.77. The van der Waals surface area contributed by atoms with E-state index in [4.69, 9.17) is 4.74 Å². The lowest BCUT2D eigenvalue weighted by molar-refractivity contribution is -0.276. The van der Waals surface area contributed by atoms with Crippen LogP contribution in [0.2, 0.25) is 0 Å². The van der Waals surface area contributed by atoms with Crippen molar-refractivity contribution < 1.29 is 53.7 Å². The highest BCUT2D eigenvalue weighted by atomic mass is 19.4. The predicted octanol–water partition coefficient (Wildman–Crippen LogP) is 7.85. The van der Waals surface area contributed by atoms with Gasteiger partial charge in [-0.05, 0) is 36.8 Å². The van der Waals surface area contributed by atoms with Crippen LogP contribution in [0, 0.1) is 35.1 Å².